The molecule has 0 atom stereocenters. The first kappa shape index (κ1) is 21.0. The van der Waals surface area contributed by atoms with Gasteiger partial charge in [0.15, 0.2) is 0 Å². The molecule has 3 aromatic rings. The smallest absolute Gasteiger partial charge is 0.264 e. The lowest BCUT2D eigenvalue weighted by Gasteiger charge is -2.33. The Bertz CT molecular complexity index is 1310. The molecule has 9 heteroatoms. The van der Waals surface area contributed by atoms with Crippen LogP contribution in [0.2, 0.25) is 0 Å². The fourth-order valence-electron chi connectivity index (χ4n) is 4.06. The molecule has 1 N–H and O–H groups in total. The van der Waals surface area contributed by atoms with E-state index in [1.54, 1.807) is 17.9 Å². The van der Waals surface area contributed by atoms with E-state index in [0.29, 0.717) is 24.6 Å². The first-order valence-electron chi connectivity index (χ1n) is 10.3. The molecular formula is C23H22N2O5S2. The molecule has 1 saturated heterocycles. The molecular weight excluding hydrogens is 448 g/mol. The molecule has 166 valence electrons. The third-order valence-corrected chi connectivity index (χ3v) is 8.92. The fraction of sp³-hybridized carbons (Fsp3) is 0.261. The summed E-state index contributed by atoms with van der Waals surface area (Å²) in [7, 11) is -3.83. The Balaban J connectivity index is 1.32. The third-order valence-electron chi connectivity index (χ3n) is 5.79. The number of nitrogens with zero attached hydrogens (tertiary/aromatic N) is 2. The lowest BCUT2D eigenvalue weighted by molar-refractivity contribution is 0.0702. The van der Waals surface area contributed by atoms with E-state index < -0.39 is 10.0 Å². The van der Waals surface area contributed by atoms with Crippen molar-refractivity contribution in [3.63, 3.8) is 0 Å². The molecule has 0 spiro atoms. The van der Waals surface area contributed by atoms with Gasteiger partial charge in [-0.05, 0) is 42.8 Å². The number of piperazine rings is 1. The number of fused-ring (bicyclic) bond motifs is 3. The summed E-state index contributed by atoms with van der Waals surface area (Å²) in [5.74, 6) is 0.456. The Morgan fingerprint density at radius 3 is 2.59 bits per heavy atom. The molecule has 0 radical (unpaired) electrons. The van der Waals surface area contributed by atoms with Gasteiger partial charge in [-0.25, -0.2) is 8.42 Å². The van der Waals surface area contributed by atoms with Crippen molar-refractivity contribution in [2.24, 2.45) is 0 Å². The van der Waals surface area contributed by atoms with Gasteiger partial charge >= 0.3 is 0 Å². The number of carbonyl (C=O) groups excluding carboxylic acids is 1. The van der Waals surface area contributed by atoms with Crippen molar-refractivity contribution in [1.29, 1.82) is 0 Å². The molecule has 1 amide bonds. The molecule has 5 rings (SSSR count). The van der Waals surface area contributed by atoms with Gasteiger partial charge in [-0.1, -0.05) is 18.2 Å². The van der Waals surface area contributed by atoms with E-state index in [1.807, 2.05) is 30.3 Å². The van der Waals surface area contributed by atoms with E-state index in [1.165, 1.54) is 27.8 Å². The van der Waals surface area contributed by atoms with Gasteiger partial charge in [0.1, 0.15) is 23.0 Å². The van der Waals surface area contributed by atoms with Crippen molar-refractivity contribution in [3.8, 4) is 21.9 Å². The summed E-state index contributed by atoms with van der Waals surface area (Å²) in [6.45, 7) is 3.15. The van der Waals surface area contributed by atoms with Gasteiger partial charge in [-0.3, -0.25) is 4.79 Å². The monoisotopic (exact) mass is 470 g/mol. The minimum Gasteiger partial charge on any atom is -0.507 e. The van der Waals surface area contributed by atoms with Crippen LogP contribution in [-0.2, 0) is 16.6 Å². The number of aryl methyl sites for hydroxylation is 1. The predicted molar refractivity (Wildman–Crippen MR) is 122 cm³/mol. The molecule has 0 saturated carbocycles. The van der Waals surface area contributed by atoms with Gasteiger partial charge in [0.05, 0.1) is 4.88 Å². The average Bonchev–Trinajstić information content (AvgIpc) is 3.25. The Morgan fingerprint density at radius 1 is 1.06 bits per heavy atom. The van der Waals surface area contributed by atoms with Crippen LogP contribution in [0.1, 0.15) is 20.8 Å². The Kier molecular flexibility index (Phi) is 5.19. The highest BCUT2D eigenvalue weighted by atomic mass is 32.2. The first-order valence-corrected chi connectivity index (χ1v) is 12.5. The SMILES string of the molecule is Cc1ccc(O)c(S(=O)(=O)N2CCN(C(=O)c3cc4c(s3)-c3ccccc3OC4)CC2)c1. The van der Waals surface area contributed by atoms with Crippen molar-refractivity contribution >= 4 is 27.3 Å². The summed E-state index contributed by atoms with van der Waals surface area (Å²) in [5.41, 5.74) is 2.74. The molecule has 32 heavy (non-hydrogen) atoms. The number of aromatic hydroxyl groups is 1. The van der Waals surface area contributed by atoms with E-state index in [-0.39, 0.29) is 29.6 Å². The summed E-state index contributed by atoms with van der Waals surface area (Å²) in [4.78, 5) is 16.4. The quantitative estimate of drug-likeness (QED) is 0.633. The Labute approximate surface area is 190 Å². The third kappa shape index (κ3) is 3.56. The Morgan fingerprint density at radius 2 is 1.81 bits per heavy atom. The average molecular weight is 471 g/mol. The maximum absolute atomic E-state index is 13.1. The normalized spacial score (nSPS) is 16.2. The van der Waals surface area contributed by atoms with E-state index in [4.69, 9.17) is 4.74 Å². The summed E-state index contributed by atoms with van der Waals surface area (Å²) in [5, 5.41) is 10.1. The van der Waals surface area contributed by atoms with Gasteiger partial charge in [-0.15, -0.1) is 11.3 Å². The maximum atomic E-state index is 13.1. The van der Waals surface area contributed by atoms with Crippen molar-refractivity contribution in [1.82, 2.24) is 9.21 Å². The van der Waals surface area contributed by atoms with Crippen LogP contribution >= 0.6 is 11.3 Å². The number of phenols is 1. The van der Waals surface area contributed by atoms with Gasteiger partial charge in [0.25, 0.3) is 5.91 Å². The van der Waals surface area contributed by atoms with Crippen LogP contribution in [0, 0.1) is 6.92 Å². The van der Waals surface area contributed by atoms with Crippen LogP contribution in [0.4, 0.5) is 0 Å². The largest absolute Gasteiger partial charge is 0.507 e. The van der Waals surface area contributed by atoms with Crippen molar-refractivity contribution in [2.45, 2.75) is 18.4 Å². The van der Waals surface area contributed by atoms with Crippen LogP contribution in [0.15, 0.2) is 53.4 Å². The van der Waals surface area contributed by atoms with Gasteiger partial charge in [0.2, 0.25) is 10.0 Å². The van der Waals surface area contributed by atoms with Crippen LogP contribution in [0.5, 0.6) is 11.5 Å². The van der Waals surface area contributed by atoms with E-state index in [0.717, 1.165) is 27.3 Å². The number of hydrogen-bond acceptors (Lipinski definition) is 6. The zero-order valence-electron chi connectivity index (χ0n) is 17.4. The minimum absolute atomic E-state index is 0.0955. The molecule has 0 unspecified atom stereocenters. The second kappa shape index (κ2) is 7.91. The van der Waals surface area contributed by atoms with Gasteiger partial charge in [0, 0.05) is 42.2 Å². The first-order chi connectivity index (χ1) is 15.3. The van der Waals surface area contributed by atoms with Crippen LogP contribution in [-0.4, -0.2) is 54.8 Å². The number of rotatable bonds is 3. The highest BCUT2D eigenvalue weighted by molar-refractivity contribution is 7.89. The number of para-hydroxylation sites is 1. The van der Waals surface area contributed by atoms with Crippen molar-refractivity contribution in [3.05, 3.63) is 64.5 Å². The topological polar surface area (TPSA) is 87.2 Å². The molecule has 3 heterocycles. The number of hydrogen-bond donors (Lipinski definition) is 1. The zero-order valence-corrected chi connectivity index (χ0v) is 19.1. The summed E-state index contributed by atoms with van der Waals surface area (Å²) in [6, 6.07) is 14.2. The fourth-order valence-corrected chi connectivity index (χ4v) is 6.81. The molecule has 1 fully saturated rings. The standard InChI is InChI=1S/C23H22N2O5S2/c1-15-6-7-18(26)21(12-15)32(28,29)25-10-8-24(9-11-25)23(27)20-13-16-14-30-19-5-3-2-4-17(19)22(16)31-20/h2-7,12-13,26H,8-11,14H2,1H3. The molecule has 0 bridgehead atoms. The maximum Gasteiger partial charge on any atom is 0.264 e. The van der Waals surface area contributed by atoms with Crippen molar-refractivity contribution in [2.75, 3.05) is 26.2 Å². The highest BCUT2D eigenvalue weighted by Crippen LogP contribution is 2.42. The number of sulfonamides is 1. The number of carbonyl (C=O) groups is 1. The summed E-state index contributed by atoms with van der Waals surface area (Å²) in [6.07, 6.45) is 0. The second-order valence-electron chi connectivity index (χ2n) is 7.92. The lowest BCUT2D eigenvalue weighted by atomic mass is 10.1. The number of benzene rings is 2. The number of phenolic OH excluding ortho intramolecular Hbond substituents is 1. The van der Waals surface area contributed by atoms with Crippen LogP contribution in [0.3, 0.4) is 0 Å². The molecule has 1 aromatic heterocycles. The summed E-state index contributed by atoms with van der Waals surface area (Å²) < 4.78 is 33.1. The zero-order chi connectivity index (χ0) is 22.5. The highest BCUT2D eigenvalue weighted by Gasteiger charge is 2.33. The summed E-state index contributed by atoms with van der Waals surface area (Å²) >= 11 is 1.45. The van der Waals surface area contributed by atoms with Gasteiger partial charge < -0.3 is 14.7 Å². The predicted octanol–water partition coefficient (Wildman–Crippen LogP) is 3.47. The number of amides is 1. The minimum atomic E-state index is -3.83. The number of ether oxygens (including phenoxy) is 1. The van der Waals surface area contributed by atoms with Crippen molar-refractivity contribution < 1.29 is 23.1 Å². The number of thiophene rings is 1. The molecule has 0 aliphatic carbocycles. The van der Waals surface area contributed by atoms with E-state index in [9.17, 15) is 18.3 Å². The van der Waals surface area contributed by atoms with E-state index >= 15 is 0 Å². The lowest BCUT2D eigenvalue weighted by Crippen LogP contribution is -2.50. The van der Waals surface area contributed by atoms with Crippen LogP contribution in [0.25, 0.3) is 10.4 Å². The van der Waals surface area contributed by atoms with E-state index in [2.05, 4.69) is 0 Å². The van der Waals surface area contributed by atoms with Crippen LogP contribution < -0.4 is 4.74 Å². The Hall–Kier alpha value is -2.88. The molecule has 7 nitrogen and oxygen atoms in total. The van der Waals surface area contributed by atoms with Gasteiger partial charge in [-0.2, -0.15) is 4.31 Å². The molecule has 2 aliphatic heterocycles. The second-order valence-corrected chi connectivity index (χ2v) is 10.9. The molecule has 2 aliphatic rings. The molecule has 2 aromatic carbocycles.